The summed E-state index contributed by atoms with van der Waals surface area (Å²) in [5, 5.41) is 64.9. The number of carbonyl (C=O) groups is 6. The molecule has 0 saturated carbocycles. The summed E-state index contributed by atoms with van der Waals surface area (Å²) in [7, 11) is 9.46. The van der Waals surface area contributed by atoms with Gasteiger partial charge in [-0.3, -0.25) is 34.1 Å². The number of ether oxygens (including phenoxy) is 13. The van der Waals surface area contributed by atoms with E-state index in [4.69, 9.17) is 72.2 Å². The van der Waals surface area contributed by atoms with E-state index in [0.29, 0.717) is 40.2 Å². The Balaban J connectivity index is 1.01. The number of primary amides is 1. The molecule has 4 saturated heterocycles. The van der Waals surface area contributed by atoms with Crippen molar-refractivity contribution in [1.82, 2.24) is 21.1 Å². The molecule has 2 aromatic carbocycles. The van der Waals surface area contributed by atoms with Gasteiger partial charge in [0.1, 0.15) is 42.4 Å². The van der Waals surface area contributed by atoms with E-state index in [1.54, 1.807) is 69.9 Å². The number of allylic oxidation sites excluding steroid dienone is 3. The molecule has 35 heteroatoms. The molecule has 6 aliphatic rings. The molecule has 2 bridgehead atoms. The van der Waals surface area contributed by atoms with Crippen molar-refractivity contribution in [2.75, 3.05) is 61.1 Å². The molecule has 19 atom stereocenters. The minimum absolute atomic E-state index is 0.00346. The number of hydroxylamine groups is 1. The summed E-state index contributed by atoms with van der Waals surface area (Å²) in [6.07, 6.45) is -13.9. The lowest BCUT2D eigenvalue weighted by atomic mass is 9.73. The van der Waals surface area contributed by atoms with Gasteiger partial charge in [-0.15, -0.1) is 0 Å². The average Bonchev–Trinajstić information content (AvgIpc) is 0.915. The highest BCUT2D eigenvalue weighted by molar-refractivity contribution is 14.1. The molecule has 0 aromatic heterocycles. The fraction of sp³-hybridized carbons (Fsp3) is 0.618. The van der Waals surface area contributed by atoms with Crippen molar-refractivity contribution in [2.45, 2.75) is 240 Å². The molecule has 0 radical (unpaired) electrons. The Morgan fingerprint density at radius 2 is 1.59 bits per heavy atom. The van der Waals surface area contributed by atoms with Gasteiger partial charge < -0.3 is 97.7 Å². The number of carbonyl (C=O) groups excluding carboxylic acids is 6. The van der Waals surface area contributed by atoms with Crippen LogP contribution in [0.1, 0.15) is 135 Å². The minimum atomic E-state index is -1.85. The first-order valence-corrected chi connectivity index (χ1v) is 40.6. The number of nitrogens with one attached hydrogen (secondary N) is 3. The molecule has 4 heterocycles. The summed E-state index contributed by atoms with van der Waals surface area (Å²) in [6, 6.07) is 5.47. The first-order valence-electron chi connectivity index (χ1n) is 36.3. The molecule has 0 spiro atoms. The number of nitrogens with two attached hydrogens (primary N) is 1. The second kappa shape index (κ2) is 41.9. The number of thioether (sulfide) groups is 1. The summed E-state index contributed by atoms with van der Waals surface area (Å²) in [4.78, 5) is 87.6. The van der Waals surface area contributed by atoms with Gasteiger partial charge in [0, 0.05) is 83.1 Å². The number of ketones is 1. The highest BCUT2D eigenvalue weighted by atomic mass is 127. The molecular formula is C76H103IN6O25S3. The molecule has 10 N–H and O–H groups in total. The molecule has 4 fully saturated rings. The average molecular weight is 1720 g/mol. The van der Waals surface area contributed by atoms with Gasteiger partial charge in [0.05, 0.1) is 109 Å². The van der Waals surface area contributed by atoms with Crippen LogP contribution in [0.5, 0.6) is 23.0 Å². The van der Waals surface area contributed by atoms with E-state index >= 15 is 0 Å². The van der Waals surface area contributed by atoms with Crippen LogP contribution in [0.15, 0.2) is 64.4 Å². The molecule has 0 unspecified atom stereocenters. The van der Waals surface area contributed by atoms with E-state index in [1.165, 1.54) is 69.1 Å². The minimum Gasteiger partial charge on any atom is -0.494 e. The number of nitrogens with zero attached hydrogens (tertiary/aromatic N) is 2. The van der Waals surface area contributed by atoms with Crippen molar-refractivity contribution in [3.8, 4) is 46.7 Å². The third-order valence-electron chi connectivity index (χ3n) is 19.5. The number of hydrazone groups is 1. The summed E-state index contributed by atoms with van der Waals surface area (Å²) in [5.74, 6) is 11.4. The number of amides is 4. The van der Waals surface area contributed by atoms with Crippen LogP contribution in [0.2, 0.25) is 0 Å². The molecular weight excluding hydrogens is 1620 g/mol. The standard InChI is InChI=1S/C76H103IN6O25S3/c1-15-83(44(7)84)50-38-101-56(35-53(50)95-10)106-68-63(90)60(82-108-57-34-51(85)70(43(6)102-57)110-71(92)58-39(2)59(77)66(69(98-13)65(58)96-11)107-72-64(91)67(97-12)62(89)42(5)104-72)41(4)103-73(68)105-47-23-20-18-16-17-19-21-30-76(94)36-52(86)61(79-74(93)99-14)48(33-47)49(76)29-32-109-111-75(8,9)37-55(88)81-80-40(3)45-25-27-46(28-26-45)100-31-22-24-54(78)87/h16,18,25-29,41-43,47,50-51,53,56-57,60,62-64,67-68,70,72-73,82,85,89-91,94H,15,21-22,24,30-38H2,1-14H3,(H2,78,87)(H,79,93)(H,81,88)/b18-16-,49-29+,80-40+/t41-,42+,43-,47-,50+,51+,53+,56+,57+,60-,62+,63+,64-,67-,68-,70-,72+,73+,76+/m1/s1. The zero-order valence-electron chi connectivity index (χ0n) is 64.6. The van der Waals surface area contributed by atoms with Crippen LogP contribution in [-0.4, -0.2) is 252 Å². The fourth-order valence-corrected chi connectivity index (χ4v) is 17.8. The van der Waals surface area contributed by atoms with Gasteiger partial charge in [0.25, 0.3) is 0 Å². The topological polar surface area (TPSA) is 411 Å². The Morgan fingerprint density at radius 3 is 2.24 bits per heavy atom. The Morgan fingerprint density at radius 1 is 0.874 bits per heavy atom. The van der Waals surface area contributed by atoms with Crippen LogP contribution in [-0.2, 0) is 66.6 Å². The number of aliphatic hydroxyl groups is 5. The van der Waals surface area contributed by atoms with E-state index < -0.39 is 149 Å². The Hall–Kier alpha value is -6.15. The summed E-state index contributed by atoms with van der Waals surface area (Å²) in [6.45, 7) is 16.1. The van der Waals surface area contributed by atoms with Crippen LogP contribution in [0, 0.1) is 34.2 Å². The van der Waals surface area contributed by atoms with Crippen molar-refractivity contribution in [2.24, 2.45) is 10.8 Å². The van der Waals surface area contributed by atoms with Crippen molar-refractivity contribution in [3.63, 3.8) is 0 Å². The molecule has 2 aromatic rings. The van der Waals surface area contributed by atoms with Gasteiger partial charge in [0.2, 0.25) is 34.9 Å². The number of halogens is 1. The molecule has 111 heavy (non-hydrogen) atoms. The first-order chi connectivity index (χ1) is 52.8. The molecule has 4 aliphatic heterocycles. The lowest BCUT2D eigenvalue weighted by molar-refractivity contribution is -0.338. The number of aliphatic hydroxyl groups excluding tert-OH is 4. The predicted molar refractivity (Wildman–Crippen MR) is 419 cm³/mol. The Labute approximate surface area is 672 Å². The quantitative estimate of drug-likeness (QED) is 0.0109. The Bertz CT molecular complexity index is 3850. The SMILES string of the molecule is CCN(C(C)=O)[C@H]1CO[C@@H](O[C@H]2[C@H](O[C@@H]3C#C/C=C\C#CCC[C@]4(O)CC(=O)C(NC(=O)OC)=C(C3)/C4=C\CSSC(C)(C)CC(=O)N/N=C(\C)c3ccc(OCCCC(N)=O)cc3)O[C@H](C)[C@@H](NO[C@H]3C[C@H](O)[C@H](SC(=O)c4c(C)c(I)c(O[C@@H]5O[C@@H](C)[C@H](O)[C@@H](OC)[C@H]5O)c(OC)c4OC)[C@@H](C)O3)[C@@H]2O)C[C@@H]1OC. The van der Waals surface area contributed by atoms with Crippen LogP contribution in [0.4, 0.5) is 4.79 Å². The largest absolute Gasteiger partial charge is 0.494 e. The van der Waals surface area contributed by atoms with Crippen LogP contribution in [0.3, 0.4) is 0 Å². The van der Waals surface area contributed by atoms with Gasteiger partial charge >= 0.3 is 6.09 Å². The zero-order valence-corrected chi connectivity index (χ0v) is 69.2. The molecule has 2 aliphatic carbocycles. The lowest BCUT2D eigenvalue weighted by Crippen LogP contribution is -2.65. The van der Waals surface area contributed by atoms with E-state index in [-0.39, 0.29) is 109 Å². The van der Waals surface area contributed by atoms with E-state index in [1.807, 2.05) is 43.4 Å². The molecule has 31 nitrogen and oxygen atoms in total. The van der Waals surface area contributed by atoms with E-state index in [0.717, 1.165) is 24.4 Å². The van der Waals surface area contributed by atoms with Gasteiger partial charge in [-0.25, -0.2) is 10.2 Å². The third-order valence-corrected chi connectivity index (χ3v) is 25.3. The van der Waals surface area contributed by atoms with E-state index in [2.05, 4.69) is 45.0 Å². The van der Waals surface area contributed by atoms with Crippen LogP contribution >= 0.6 is 55.9 Å². The fourth-order valence-electron chi connectivity index (χ4n) is 13.7. The van der Waals surface area contributed by atoms with Crippen molar-refractivity contribution < 1.29 is 121 Å². The van der Waals surface area contributed by atoms with Crippen LogP contribution in [0.25, 0.3) is 0 Å². The van der Waals surface area contributed by atoms with Crippen LogP contribution < -0.4 is 40.9 Å². The van der Waals surface area contributed by atoms with Gasteiger partial charge in [0.15, 0.2) is 36.2 Å². The number of Topliss-reactive ketones (excluding diaryl/α,β-unsaturated/α-hetero) is 1. The van der Waals surface area contributed by atoms with Gasteiger partial charge in [-0.1, -0.05) is 63.1 Å². The first kappa shape index (κ1) is 90.4. The number of fused-ring (bicyclic) bond motifs is 2. The molecule has 612 valence electrons. The van der Waals surface area contributed by atoms with E-state index in [9.17, 15) is 54.3 Å². The van der Waals surface area contributed by atoms with Gasteiger partial charge in [-0.05, 0) is 150 Å². The summed E-state index contributed by atoms with van der Waals surface area (Å²) in [5.41, 5.74) is 11.0. The monoisotopic (exact) mass is 1720 g/mol. The zero-order chi connectivity index (χ0) is 81.2. The molecule has 4 amide bonds. The number of likely N-dealkylation sites (N-methyl/N-ethyl adjacent to an activating group) is 1. The highest BCUT2D eigenvalue weighted by Gasteiger charge is 2.52. The number of hydrogen-bond donors (Lipinski definition) is 9. The normalized spacial score (nSPS) is 30.5. The number of hydrogen-bond acceptors (Lipinski definition) is 30. The predicted octanol–water partition coefficient (Wildman–Crippen LogP) is 5.70. The maximum atomic E-state index is 14.6. The third kappa shape index (κ3) is 23.6. The Kier molecular flexibility index (Phi) is 34.1. The van der Waals surface area contributed by atoms with Crippen molar-refractivity contribution in [3.05, 3.63) is 79.6 Å². The maximum absolute atomic E-state index is 14.6. The summed E-state index contributed by atoms with van der Waals surface area (Å²) >= 11 is 2.80. The highest BCUT2D eigenvalue weighted by Crippen LogP contribution is 2.50. The lowest BCUT2D eigenvalue weighted by Gasteiger charge is -2.47. The number of methoxy groups -OCH3 is 5. The maximum Gasteiger partial charge on any atom is 0.411 e. The molecule has 8 rings (SSSR count). The van der Waals surface area contributed by atoms with Gasteiger partial charge in [-0.2, -0.15) is 10.6 Å². The van der Waals surface area contributed by atoms with Crippen molar-refractivity contribution >= 4 is 96.4 Å². The second-order valence-electron chi connectivity index (χ2n) is 27.8. The second-order valence-corrected chi connectivity index (χ2v) is 33.1. The van der Waals surface area contributed by atoms with Crippen molar-refractivity contribution in [1.29, 1.82) is 0 Å². The summed E-state index contributed by atoms with van der Waals surface area (Å²) < 4.78 is 78.4. The smallest absolute Gasteiger partial charge is 0.411 e. The number of alkyl carbamates (subject to hydrolysis) is 1. The number of rotatable bonds is 31. The number of benzene rings is 2.